The minimum Gasteiger partial charge on any atom is -0.349 e. The summed E-state index contributed by atoms with van der Waals surface area (Å²) in [5.41, 5.74) is 1.90. The molecule has 0 atom stereocenters. The van der Waals surface area contributed by atoms with Gasteiger partial charge in [0.1, 0.15) is 0 Å². The van der Waals surface area contributed by atoms with E-state index in [2.05, 4.69) is 4.98 Å². The van der Waals surface area contributed by atoms with E-state index in [0.29, 0.717) is 10.4 Å². The third-order valence-electron chi connectivity index (χ3n) is 2.77. The normalized spacial score (nSPS) is 10.8. The Morgan fingerprint density at radius 1 is 1.35 bits per heavy atom. The van der Waals surface area contributed by atoms with Gasteiger partial charge in [0.15, 0.2) is 5.78 Å². The van der Waals surface area contributed by atoms with E-state index in [1.54, 1.807) is 6.07 Å². The lowest BCUT2D eigenvalue weighted by Crippen LogP contribution is -2.16. The molecule has 0 spiro atoms. The first kappa shape index (κ1) is 11.9. The number of aromatic amines is 1. The molecule has 0 aliphatic heterocycles. The third kappa shape index (κ3) is 1.89. The highest BCUT2D eigenvalue weighted by atomic mass is 32.2. The number of rotatable bonds is 2. The van der Waals surface area contributed by atoms with Crippen LogP contribution in [0.5, 0.6) is 0 Å². The summed E-state index contributed by atoms with van der Waals surface area (Å²) in [5.74, 6) is -0.195. The van der Waals surface area contributed by atoms with E-state index in [1.165, 1.54) is 18.7 Å². The zero-order valence-electron chi connectivity index (χ0n) is 9.96. The maximum Gasteiger partial charge on any atom is 0.201 e. The molecular weight excluding hydrogens is 234 g/mol. The summed E-state index contributed by atoms with van der Waals surface area (Å²) in [6, 6.07) is 5.52. The Balaban J connectivity index is 2.99. The van der Waals surface area contributed by atoms with E-state index in [0.717, 1.165) is 11.1 Å². The molecule has 2 rings (SSSR count). The van der Waals surface area contributed by atoms with Crippen LogP contribution in [0.15, 0.2) is 28.0 Å². The van der Waals surface area contributed by atoms with Crippen molar-refractivity contribution in [2.45, 2.75) is 18.9 Å². The van der Waals surface area contributed by atoms with Crippen molar-refractivity contribution in [3.05, 3.63) is 39.5 Å². The molecule has 1 aromatic heterocycles. The highest BCUT2D eigenvalue weighted by molar-refractivity contribution is 7.98. The van der Waals surface area contributed by atoms with Crippen LogP contribution < -0.4 is 5.43 Å². The number of pyridine rings is 1. The zero-order chi connectivity index (χ0) is 12.6. The number of fused-ring (bicyclic) bond motifs is 1. The average Bonchev–Trinajstić information content (AvgIpc) is 2.29. The minimum atomic E-state index is -0.195. The van der Waals surface area contributed by atoms with Gasteiger partial charge in [0.05, 0.1) is 16.1 Å². The SMILES string of the molecule is CSc1[nH]c2c(C)cccc2c(=O)c1C(C)=O. The quantitative estimate of drug-likeness (QED) is 0.655. The molecule has 0 radical (unpaired) electrons. The standard InChI is InChI=1S/C13H13NO2S/c1-7-5-4-6-9-11(7)14-13(17-3)10(8(2)15)12(9)16/h4-6H,1-3H3,(H,14,16). The lowest BCUT2D eigenvalue weighted by atomic mass is 10.1. The van der Waals surface area contributed by atoms with E-state index >= 15 is 0 Å². The highest BCUT2D eigenvalue weighted by Crippen LogP contribution is 2.21. The number of thioether (sulfide) groups is 1. The molecule has 0 unspecified atom stereocenters. The van der Waals surface area contributed by atoms with Crippen molar-refractivity contribution in [3.8, 4) is 0 Å². The zero-order valence-corrected chi connectivity index (χ0v) is 10.8. The number of H-pyrrole nitrogens is 1. The molecule has 17 heavy (non-hydrogen) atoms. The van der Waals surface area contributed by atoms with Crippen LogP contribution in [0.3, 0.4) is 0 Å². The van der Waals surface area contributed by atoms with Crippen LogP contribution in [-0.2, 0) is 0 Å². The number of Topliss-reactive ketones (excluding diaryl/α,β-unsaturated/α-hetero) is 1. The largest absolute Gasteiger partial charge is 0.349 e. The lowest BCUT2D eigenvalue weighted by molar-refractivity contribution is 0.101. The van der Waals surface area contributed by atoms with Gasteiger partial charge >= 0.3 is 0 Å². The Bertz CT molecular complexity index is 658. The molecule has 0 bridgehead atoms. The highest BCUT2D eigenvalue weighted by Gasteiger charge is 2.15. The van der Waals surface area contributed by atoms with Gasteiger partial charge in [-0.3, -0.25) is 9.59 Å². The first-order chi connectivity index (χ1) is 8.06. The predicted molar refractivity (Wildman–Crippen MR) is 71.1 cm³/mol. The molecule has 1 N–H and O–H groups in total. The topological polar surface area (TPSA) is 49.9 Å². The van der Waals surface area contributed by atoms with Gasteiger partial charge in [-0.25, -0.2) is 0 Å². The lowest BCUT2D eigenvalue weighted by Gasteiger charge is -2.08. The van der Waals surface area contributed by atoms with E-state index in [4.69, 9.17) is 0 Å². The van der Waals surface area contributed by atoms with Gasteiger partial charge in [-0.1, -0.05) is 12.1 Å². The predicted octanol–water partition coefficient (Wildman–Crippen LogP) is 2.76. The number of carbonyl (C=O) groups excluding carboxylic acids is 1. The molecule has 1 heterocycles. The number of ketones is 1. The summed E-state index contributed by atoms with van der Waals surface area (Å²) in [7, 11) is 0. The fraction of sp³-hybridized carbons (Fsp3) is 0.231. The molecule has 88 valence electrons. The Hall–Kier alpha value is -1.55. The average molecular weight is 247 g/mol. The Morgan fingerprint density at radius 3 is 2.65 bits per heavy atom. The molecule has 0 amide bonds. The second-order valence-corrected chi connectivity index (χ2v) is 4.73. The van der Waals surface area contributed by atoms with Gasteiger partial charge in [0.2, 0.25) is 5.43 Å². The fourth-order valence-corrected chi connectivity index (χ4v) is 2.55. The van der Waals surface area contributed by atoms with Gasteiger partial charge in [-0.05, 0) is 31.7 Å². The van der Waals surface area contributed by atoms with Crippen LogP contribution in [0.4, 0.5) is 0 Å². The Kier molecular flexibility index (Phi) is 3.07. The summed E-state index contributed by atoms with van der Waals surface area (Å²) in [4.78, 5) is 27.0. The molecule has 0 aliphatic rings. The molecule has 0 aliphatic carbocycles. The van der Waals surface area contributed by atoms with Crippen LogP contribution in [0.25, 0.3) is 10.9 Å². The van der Waals surface area contributed by atoms with Gasteiger partial charge in [0.25, 0.3) is 0 Å². The van der Waals surface area contributed by atoms with Crippen molar-refractivity contribution in [3.63, 3.8) is 0 Å². The summed E-state index contributed by atoms with van der Waals surface area (Å²) < 4.78 is 0. The third-order valence-corrected chi connectivity index (χ3v) is 3.48. The van der Waals surface area contributed by atoms with Crippen molar-refractivity contribution in [2.75, 3.05) is 6.26 Å². The number of para-hydroxylation sites is 1. The second-order valence-electron chi connectivity index (χ2n) is 3.92. The Morgan fingerprint density at radius 2 is 2.06 bits per heavy atom. The molecule has 0 fully saturated rings. The molecular formula is C13H13NO2S. The molecule has 2 aromatic rings. The van der Waals surface area contributed by atoms with Crippen LogP contribution >= 0.6 is 11.8 Å². The molecule has 0 saturated carbocycles. The van der Waals surface area contributed by atoms with Crippen LogP contribution in [-0.4, -0.2) is 17.0 Å². The van der Waals surface area contributed by atoms with Crippen molar-refractivity contribution >= 4 is 28.4 Å². The number of hydrogen-bond acceptors (Lipinski definition) is 3. The molecule has 0 saturated heterocycles. The van der Waals surface area contributed by atoms with E-state index in [-0.39, 0.29) is 16.8 Å². The first-order valence-corrected chi connectivity index (χ1v) is 6.49. The summed E-state index contributed by atoms with van der Waals surface area (Å²) in [6.45, 7) is 3.36. The number of hydrogen-bond donors (Lipinski definition) is 1. The van der Waals surface area contributed by atoms with Crippen molar-refractivity contribution in [1.82, 2.24) is 4.98 Å². The summed E-state index contributed by atoms with van der Waals surface area (Å²) >= 11 is 1.39. The maximum atomic E-state index is 12.2. The Labute approximate surface area is 103 Å². The van der Waals surface area contributed by atoms with Gasteiger partial charge in [-0.15, -0.1) is 11.8 Å². The van der Waals surface area contributed by atoms with Crippen molar-refractivity contribution in [2.24, 2.45) is 0 Å². The summed E-state index contributed by atoms with van der Waals surface area (Å²) in [5, 5.41) is 1.22. The minimum absolute atomic E-state index is 0.181. The van der Waals surface area contributed by atoms with Gasteiger partial charge in [-0.2, -0.15) is 0 Å². The number of aryl methyl sites for hydroxylation is 1. The van der Waals surface area contributed by atoms with Gasteiger partial charge < -0.3 is 4.98 Å². The number of benzene rings is 1. The summed E-state index contributed by atoms with van der Waals surface area (Å²) in [6.07, 6.45) is 1.85. The molecule has 3 nitrogen and oxygen atoms in total. The van der Waals surface area contributed by atoms with Crippen LogP contribution in [0.2, 0.25) is 0 Å². The number of carbonyl (C=O) groups is 1. The van der Waals surface area contributed by atoms with Crippen molar-refractivity contribution in [1.29, 1.82) is 0 Å². The van der Waals surface area contributed by atoms with E-state index in [9.17, 15) is 9.59 Å². The van der Waals surface area contributed by atoms with E-state index < -0.39 is 0 Å². The van der Waals surface area contributed by atoms with E-state index in [1.807, 2.05) is 25.3 Å². The van der Waals surface area contributed by atoms with Gasteiger partial charge in [0, 0.05) is 5.39 Å². The van der Waals surface area contributed by atoms with Crippen LogP contribution in [0.1, 0.15) is 22.8 Å². The molecule has 4 heteroatoms. The number of aromatic nitrogens is 1. The molecule has 1 aromatic carbocycles. The number of nitrogens with one attached hydrogen (secondary N) is 1. The monoisotopic (exact) mass is 247 g/mol. The smallest absolute Gasteiger partial charge is 0.201 e. The van der Waals surface area contributed by atoms with Crippen LogP contribution in [0, 0.1) is 6.92 Å². The van der Waals surface area contributed by atoms with Crippen molar-refractivity contribution < 1.29 is 4.79 Å². The second kappa shape index (κ2) is 4.37. The maximum absolute atomic E-state index is 12.2. The fourth-order valence-electron chi connectivity index (χ4n) is 1.91. The first-order valence-electron chi connectivity index (χ1n) is 5.26.